The van der Waals surface area contributed by atoms with E-state index in [0.717, 1.165) is 10.4 Å². The molecule has 0 spiro atoms. The molecule has 2 aromatic carbocycles. The number of fused-ring (bicyclic) bond motifs is 1. The summed E-state index contributed by atoms with van der Waals surface area (Å²) < 4.78 is 14.4. The second-order valence-corrected chi connectivity index (χ2v) is 13.7. The van der Waals surface area contributed by atoms with Crippen molar-refractivity contribution < 1.29 is 14.3 Å². The van der Waals surface area contributed by atoms with Crippen molar-refractivity contribution in [2.75, 3.05) is 18.9 Å². The molecule has 35 heavy (non-hydrogen) atoms. The number of aliphatic hydroxyl groups is 1. The van der Waals surface area contributed by atoms with Gasteiger partial charge in [0.2, 0.25) is 5.95 Å². The lowest BCUT2D eigenvalue weighted by Gasteiger charge is -2.43. The minimum Gasteiger partial charge on any atom is -0.405 e. The molecule has 0 saturated heterocycles. The molecule has 9 nitrogen and oxygen atoms in total. The van der Waals surface area contributed by atoms with Crippen LogP contribution in [-0.4, -0.2) is 52.3 Å². The molecule has 4 rings (SSSR count). The first kappa shape index (κ1) is 24.8. The van der Waals surface area contributed by atoms with Gasteiger partial charge < -0.3 is 20.0 Å². The standard InChI is InChI=1S/C25H31N5O4Si/c1-25(2,3)35(19-10-6-4-7-11-19,20-12-8-5-9-13-20)34-15-18(14-31)33-17-30-16-27-21-22(30)28-24(26)29-23(21)32/h4-13,16,18,31H,14-15,17H2,1-3H3,(H3,26,28,29,32). The van der Waals surface area contributed by atoms with Crippen LogP contribution in [0.3, 0.4) is 0 Å². The molecular formula is C25H31N5O4Si. The lowest BCUT2D eigenvalue weighted by Crippen LogP contribution is -2.67. The van der Waals surface area contributed by atoms with Crippen LogP contribution in [0.2, 0.25) is 5.04 Å². The second kappa shape index (κ2) is 10.1. The van der Waals surface area contributed by atoms with Gasteiger partial charge in [-0.25, -0.2) is 4.98 Å². The van der Waals surface area contributed by atoms with Gasteiger partial charge in [0.15, 0.2) is 11.2 Å². The number of nitrogens with one attached hydrogen (secondary N) is 1. The van der Waals surface area contributed by atoms with Crippen molar-refractivity contribution in [3.05, 3.63) is 77.3 Å². The van der Waals surface area contributed by atoms with E-state index in [1.807, 2.05) is 36.4 Å². The van der Waals surface area contributed by atoms with E-state index in [-0.39, 0.29) is 36.4 Å². The van der Waals surface area contributed by atoms with Gasteiger partial charge in [-0.1, -0.05) is 81.4 Å². The number of aliphatic hydroxyl groups excluding tert-OH is 1. The molecule has 4 N–H and O–H groups in total. The maximum absolute atomic E-state index is 12.0. The Morgan fingerprint density at radius 1 is 1.09 bits per heavy atom. The number of anilines is 1. The maximum atomic E-state index is 12.0. The Balaban J connectivity index is 1.60. The number of nitrogen functional groups attached to an aromatic ring is 1. The van der Waals surface area contributed by atoms with Gasteiger partial charge in [0.1, 0.15) is 12.8 Å². The number of rotatable bonds is 9. The molecule has 0 saturated carbocycles. The van der Waals surface area contributed by atoms with Crippen molar-refractivity contribution in [3.8, 4) is 0 Å². The molecular weight excluding hydrogens is 462 g/mol. The fourth-order valence-corrected chi connectivity index (χ4v) is 8.98. The summed E-state index contributed by atoms with van der Waals surface area (Å²) in [5, 5.41) is 12.2. The Morgan fingerprint density at radius 2 is 1.69 bits per heavy atom. The number of aromatic amines is 1. The average molecular weight is 494 g/mol. The van der Waals surface area contributed by atoms with Gasteiger partial charge in [0, 0.05) is 0 Å². The van der Waals surface area contributed by atoms with Crippen molar-refractivity contribution in [1.82, 2.24) is 19.5 Å². The summed E-state index contributed by atoms with van der Waals surface area (Å²) >= 11 is 0. The van der Waals surface area contributed by atoms with E-state index in [1.54, 1.807) is 4.57 Å². The number of hydrogen-bond acceptors (Lipinski definition) is 7. The van der Waals surface area contributed by atoms with Gasteiger partial charge in [-0.05, 0) is 15.4 Å². The molecule has 10 heteroatoms. The average Bonchev–Trinajstić information content (AvgIpc) is 3.25. The first-order valence-corrected chi connectivity index (χ1v) is 13.3. The third kappa shape index (κ3) is 4.91. The van der Waals surface area contributed by atoms with Crippen LogP contribution in [-0.2, 0) is 15.9 Å². The number of ether oxygens (including phenoxy) is 1. The van der Waals surface area contributed by atoms with Crippen LogP contribution in [0.15, 0.2) is 71.8 Å². The fourth-order valence-electron chi connectivity index (χ4n) is 4.38. The second-order valence-electron chi connectivity index (χ2n) is 9.41. The number of H-pyrrole nitrogens is 1. The van der Waals surface area contributed by atoms with E-state index in [1.165, 1.54) is 6.33 Å². The zero-order valence-electron chi connectivity index (χ0n) is 20.1. The highest BCUT2D eigenvalue weighted by molar-refractivity contribution is 6.99. The number of aromatic nitrogens is 4. The maximum Gasteiger partial charge on any atom is 0.280 e. The van der Waals surface area contributed by atoms with Gasteiger partial charge in [-0.3, -0.25) is 14.3 Å². The van der Waals surface area contributed by atoms with E-state index in [2.05, 4.69) is 60.0 Å². The van der Waals surface area contributed by atoms with E-state index >= 15 is 0 Å². The largest absolute Gasteiger partial charge is 0.405 e. The highest BCUT2D eigenvalue weighted by Gasteiger charge is 2.50. The van der Waals surface area contributed by atoms with Crippen molar-refractivity contribution >= 4 is 35.8 Å². The van der Waals surface area contributed by atoms with E-state index in [0.29, 0.717) is 5.65 Å². The van der Waals surface area contributed by atoms with Crippen molar-refractivity contribution in [2.45, 2.75) is 38.6 Å². The zero-order valence-corrected chi connectivity index (χ0v) is 21.1. The monoisotopic (exact) mass is 493 g/mol. The van der Waals surface area contributed by atoms with Crippen LogP contribution in [0.4, 0.5) is 5.95 Å². The number of nitrogens with zero attached hydrogens (tertiary/aromatic N) is 3. The summed E-state index contributed by atoms with van der Waals surface area (Å²) in [5.74, 6) is -0.00188. The lowest BCUT2D eigenvalue weighted by atomic mass is 10.2. The Labute approximate surface area is 204 Å². The molecule has 184 valence electrons. The summed E-state index contributed by atoms with van der Waals surface area (Å²) in [7, 11) is -2.77. The Bertz CT molecular complexity index is 1280. The van der Waals surface area contributed by atoms with Gasteiger partial charge in [0.25, 0.3) is 13.9 Å². The predicted molar refractivity (Wildman–Crippen MR) is 138 cm³/mol. The molecule has 1 atom stereocenters. The van der Waals surface area contributed by atoms with E-state index < -0.39 is 20.0 Å². The quantitative estimate of drug-likeness (QED) is 0.302. The van der Waals surface area contributed by atoms with Crippen LogP contribution in [0.1, 0.15) is 20.8 Å². The minimum absolute atomic E-state index is 0.00188. The topological polar surface area (TPSA) is 128 Å². The first-order valence-electron chi connectivity index (χ1n) is 11.4. The Morgan fingerprint density at radius 3 is 2.23 bits per heavy atom. The molecule has 4 aromatic rings. The third-order valence-electron chi connectivity index (χ3n) is 6.05. The number of nitrogens with two attached hydrogens (primary N) is 1. The summed E-state index contributed by atoms with van der Waals surface area (Å²) in [4.78, 5) is 22.7. The summed E-state index contributed by atoms with van der Waals surface area (Å²) in [5.41, 5.74) is 5.75. The van der Waals surface area contributed by atoms with Crippen LogP contribution >= 0.6 is 0 Å². The summed E-state index contributed by atoms with van der Waals surface area (Å²) in [6.45, 7) is 6.56. The van der Waals surface area contributed by atoms with E-state index in [4.69, 9.17) is 14.9 Å². The minimum atomic E-state index is -2.77. The summed E-state index contributed by atoms with van der Waals surface area (Å²) in [6.07, 6.45) is 0.859. The molecule has 0 aliphatic heterocycles. The van der Waals surface area contributed by atoms with Crippen LogP contribution in [0, 0.1) is 0 Å². The SMILES string of the molecule is CC(C)(C)[Si](OCC(CO)OCn1cnc2c(=O)[nH]c(N)nc21)(c1ccccc1)c1ccccc1. The van der Waals surface area contributed by atoms with Crippen molar-refractivity contribution in [1.29, 1.82) is 0 Å². The highest BCUT2D eigenvalue weighted by atomic mass is 28.4. The van der Waals surface area contributed by atoms with Crippen molar-refractivity contribution in [3.63, 3.8) is 0 Å². The Hall–Kier alpha value is -3.31. The molecule has 0 aliphatic rings. The van der Waals surface area contributed by atoms with Gasteiger partial charge in [0.05, 0.1) is 19.5 Å². The highest BCUT2D eigenvalue weighted by Crippen LogP contribution is 2.36. The molecule has 0 fully saturated rings. The van der Waals surface area contributed by atoms with Gasteiger partial charge >= 0.3 is 0 Å². The number of hydrogen-bond donors (Lipinski definition) is 3. The van der Waals surface area contributed by atoms with Crippen LogP contribution in [0.25, 0.3) is 11.2 Å². The number of benzene rings is 2. The predicted octanol–water partition coefficient (Wildman–Crippen LogP) is 1.61. The zero-order chi connectivity index (χ0) is 25.1. The number of imidazole rings is 1. The normalized spacial score (nSPS) is 13.3. The van der Waals surface area contributed by atoms with Crippen LogP contribution in [0.5, 0.6) is 0 Å². The van der Waals surface area contributed by atoms with Crippen molar-refractivity contribution in [2.24, 2.45) is 0 Å². The molecule has 2 aromatic heterocycles. The van der Waals surface area contributed by atoms with Crippen LogP contribution < -0.4 is 21.7 Å². The molecule has 2 heterocycles. The van der Waals surface area contributed by atoms with Gasteiger partial charge in [-0.2, -0.15) is 4.98 Å². The molecule has 0 aliphatic carbocycles. The first-order chi connectivity index (χ1) is 16.8. The molecule has 0 bridgehead atoms. The fraction of sp³-hybridized carbons (Fsp3) is 0.320. The van der Waals surface area contributed by atoms with Gasteiger partial charge in [-0.15, -0.1) is 0 Å². The lowest BCUT2D eigenvalue weighted by molar-refractivity contribution is -0.0455. The smallest absolute Gasteiger partial charge is 0.280 e. The third-order valence-corrected chi connectivity index (χ3v) is 11.1. The molecule has 1 unspecified atom stereocenters. The summed E-state index contributed by atoms with van der Waals surface area (Å²) in [6, 6.07) is 20.6. The Kier molecular flexibility index (Phi) is 7.17. The van der Waals surface area contributed by atoms with E-state index in [9.17, 15) is 9.90 Å². The molecule has 0 amide bonds. The molecule has 0 radical (unpaired) electrons.